The van der Waals surface area contributed by atoms with Crippen molar-refractivity contribution in [1.29, 1.82) is 0 Å². The van der Waals surface area contributed by atoms with Gasteiger partial charge < -0.3 is 11.1 Å². The van der Waals surface area contributed by atoms with Crippen molar-refractivity contribution in [1.82, 2.24) is 15.1 Å². The van der Waals surface area contributed by atoms with E-state index in [0.29, 0.717) is 24.5 Å². The van der Waals surface area contributed by atoms with E-state index in [1.54, 1.807) is 10.9 Å². The van der Waals surface area contributed by atoms with Gasteiger partial charge in [-0.15, -0.1) is 0 Å². The molecular formula is C15H20N4O. The van der Waals surface area contributed by atoms with Crippen LogP contribution >= 0.6 is 0 Å². The molecule has 0 aliphatic rings. The largest absolute Gasteiger partial charge is 0.396 e. The summed E-state index contributed by atoms with van der Waals surface area (Å²) in [6, 6.07) is 8.25. The Bertz CT molecular complexity index is 604. The number of hydrogen-bond acceptors (Lipinski definition) is 3. The first-order valence-electron chi connectivity index (χ1n) is 6.77. The van der Waals surface area contributed by atoms with Crippen LogP contribution in [0.3, 0.4) is 0 Å². The third kappa shape index (κ3) is 3.38. The van der Waals surface area contributed by atoms with Gasteiger partial charge in [0.1, 0.15) is 0 Å². The maximum absolute atomic E-state index is 12.0. The van der Waals surface area contributed by atoms with Crippen molar-refractivity contribution in [2.24, 2.45) is 0 Å². The Morgan fingerprint density at radius 3 is 2.90 bits per heavy atom. The van der Waals surface area contributed by atoms with Crippen LogP contribution in [0.1, 0.15) is 28.5 Å². The molecule has 2 rings (SSSR count). The molecule has 1 aromatic carbocycles. The number of anilines is 1. The lowest BCUT2D eigenvalue weighted by atomic mass is 10.1. The van der Waals surface area contributed by atoms with E-state index in [4.69, 9.17) is 5.73 Å². The van der Waals surface area contributed by atoms with Crippen molar-refractivity contribution in [3.05, 3.63) is 47.3 Å². The maximum atomic E-state index is 12.0. The first-order valence-corrected chi connectivity index (χ1v) is 6.77. The lowest BCUT2D eigenvalue weighted by Crippen LogP contribution is -2.27. The minimum atomic E-state index is -0.220. The molecule has 0 atom stereocenters. The van der Waals surface area contributed by atoms with Crippen molar-refractivity contribution < 1.29 is 4.79 Å². The van der Waals surface area contributed by atoms with Crippen molar-refractivity contribution in [3.63, 3.8) is 0 Å². The Labute approximate surface area is 118 Å². The van der Waals surface area contributed by atoms with Gasteiger partial charge in [-0.2, -0.15) is 5.10 Å². The summed E-state index contributed by atoms with van der Waals surface area (Å²) in [5, 5.41) is 7.00. The van der Waals surface area contributed by atoms with E-state index in [9.17, 15) is 4.79 Å². The van der Waals surface area contributed by atoms with Crippen LogP contribution in [0.15, 0.2) is 30.5 Å². The first kappa shape index (κ1) is 14.1. The Balaban J connectivity index is 1.90. The zero-order chi connectivity index (χ0) is 14.5. The number of nitrogens with one attached hydrogen (secondary N) is 1. The number of rotatable bonds is 5. The van der Waals surface area contributed by atoms with Crippen LogP contribution in [0.5, 0.6) is 0 Å². The molecule has 0 aliphatic carbocycles. The molecule has 0 fully saturated rings. The van der Waals surface area contributed by atoms with Gasteiger partial charge in [0.05, 0.1) is 5.69 Å². The van der Waals surface area contributed by atoms with Gasteiger partial charge in [0.15, 0.2) is 5.69 Å². The molecule has 1 aromatic heterocycles. The zero-order valence-electron chi connectivity index (χ0n) is 11.9. The molecule has 0 unspecified atom stereocenters. The van der Waals surface area contributed by atoms with Gasteiger partial charge in [0, 0.05) is 19.3 Å². The number of nitrogen functional groups attached to an aromatic ring is 1. The third-order valence-electron chi connectivity index (χ3n) is 3.11. The third-order valence-corrected chi connectivity index (χ3v) is 3.11. The van der Waals surface area contributed by atoms with Crippen LogP contribution in [0.2, 0.25) is 0 Å². The summed E-state index contributed by atoms with van der Waals surface area (Å²) in [5.41, 5.74) is 8.92. The van der Waals surface area contributed by atoms with Crippen LogP contribution in [-0.2, 0) is 13.0 Å². The summed E-state index contributed by atoms with van der Waals surface area (Å²) in [6.07, 6.45) is 2.47. The van der Waals surface area contributed by atoms with E-state index < -0.39 is 0 Å². The van der Waals surface area contributed by atoms with Crippen LogP contribution in [0, 0.1) is 6.92 Å². The monoisotopic (exact) mass is 272 g/mol. The standard InChI is InChI=1S/C15H20N4O/c1-3-19-10-13(16)14(18-19)15(20)17-8-7-12-6-4-5-11(2)9-12/h4-6,9-10H,3,7-8,16H2,1-2H3,(H,17,20). The van der Waals surface area contributed by atoms with Gasteiger partial charge in [0.2, 0.25) is 0 Å². The number of aromatic nitrogens is 2. The molecule has 0 saturated heterocycles. The quantitative estimate of drug-likeness (QED) is 0.871. The van der Waals surface area contributed by atoms with E-state index >= 15 is 0 Å². The van der Waals surface area contributed by atoms with Gasteiger partial charge in [0.25, 0.3) is 5.91 Å². The average Bonchev–Trinajstić information content (AvgIpc) is 2.80. The van der Waals surface area contributed by atoms with Gasteiger partial charge >= 0.3 is 0 Å². The van der Waals surface area contributed by atoms with E-state index in [2.05, 4.69) is 35.5 Å². The maximum Gasteiger partial charge on any atom is 0.273 e. The predicted octanol–water partition coefficient (Wildman–Crippen LogP) is 1.77. The highest BCUT2D eigenvalue weighted by atomic mass is 16.1. The van der Waals surface area contributed by atoms with E-state index in [0.717, 1.165) is 6.42 Å². The predicted molar refractivity (Wildman–Crippen MR) is 79.5 cm³/mol. The Morgan fingerprint density at radius 1 is 1.45 bits per heavy atom. The smallest absolute Gasteiger partial charge is 0.273 e. The number of nitrogens with zero attached hydrogens (tertiary/aromatic N) is 2. The fourth-order valence-electron chi connectivity index (χ4n) is 2.05. The second-order valence-electron chi connectivity index (χ2n) is 4.78. The fourth-order valence-corrected chi connectivity index (χ4v) is 2.05. The highest BCUT2D eigenvalue weighted by molar-refractivity contribution is 5.96. The summed E-state index contributed by atoms with van der Waals surface area (Å²) in [4.78, 5) is 12.0. The van der Waals surface area contributed by atoms with Crippen molar-refractivity contribution in [2.75, 3.05) is 12.3 Å². The molecule has 0 radical (unpaired) electrons. The summed E-state index contributed by atoms with van der Waals surface area (Å²) in [5.74, 6) is -0.220. The SMILES string of the molecule is CCn1cc(N)c(C(=O)NCCc2cccc(C)c2)n1. The first-order chi connectivity index (χ1) is 9.60. The number of amides is 1. The van der Waals surface area contributed by atoms with Crippen LogP contribution in [0.4, 0.5) is 5.69 Å². The fraction of sp³-hybridized carbons (Fsp3) is 0.333. The number of nitrogens with two attached hydrogens (primary N) is 1. The molecule has 2 aromatic rings. The second-order valence-corrected chi connectivity index (χ2v) is 4.78. The zero-order valence-corrected chi connectivity index (χ0v) is 11.9. The minimum Gasteiger partial charge on any atom is -0.396 e. The van der Waals surface area contributed by atoms with Gasteiger partial charge in [-0.3, -0.25) is 9.48 Å². The molecule has 1 amide bonds. The summed E-state index contributed by atoms with van der Waals surface area (Å²) in [7, 11) is 0. The number of hydrogen-bond donors (Lipinski definition) is 2. The van der Waals surface area contributed by atoms with Gasteiger partial charge in [-0.05, 0) is 25.8 Å². The molecule has 106 valence electrons. The highest BCUT2D eigenvalue weighted by Crippen LogP contribution is 2.09. The molecule has 0 saturated carbocycles. The van der Waals surface area contributed by atoms with Crippen molar-refractivity contribution >= 4 is 11.6 Å². The minimum absolute atomic E-state index is 0.220. The lowest BCUT2D eigenvalue weighted by molar-refractivity contribution is 0.0949. The average molecular weight is 272 g/mol. The summed E-state index contributed by atoms with van der Waals surface area (Å²) in [6.45, 7) is 5.27. The Hall–Kier alpha value is -2.30. The van der Waals surface area contributed by atoms with Crippen LogP contribution in [0.25, 0.3) is 0 Å². The molecule has 0 bridgehead atoms. The lowest BCUT2D eigenvalue weighted by Gasteiger charge is -2.05. The number of benzene rings is 1. The number of carbonyl (C=O) groups is 1. The molecule has 5 nitrogen and oxygen atoms in total. The molecule has 0 aliphatic heterocycles. The molecule has 0 spiro atoms. The van der Waals surface area contributed by atoms with Crippen LogP contribution < -0.4 is 11.1 Å². The molecule has 20 heavy (non-hydrogen) atoms. The molecule has 3 N–H and O–H groups in total. The second kappa shape index (κ2) is 6.23. The topological polar surface area (TPSA) is 72.9 Å². The summed E-state index contributed by atoms with van der Waals surface area (Å²) >= 11 is 0. The van der Waals surface area contributed by atoms with Crippen molar-refractivity contribution in [3.8, 4) is 0 Å². The van der Waals surface area contributed by atoms with Gasteiger partial charge in [-0.25, -0.2) is 0 Å². The Kier molecular flexibility index (Phi) is 4.40. The molecular weight excluding hydrogens is 252 g/mol. The van der Waals surface area contributed by atoms with Crippen LogP contribution in [-0.4, -0.2) is 22.2 Å². The number of carbonyl (C=O) groups excluding carboxylic acids is 1. The van der Waals surface area contributed by atoms with E-state index in [1.807, 2.05) is 13.0 Å². The normalized spacial score (nSPS) is 10.5. The van der Waals surface area contributed by atoms with E-state index in [-0.39, 0.29) is 5.91 Å². The van der Waals surface area contributed by atoms with Crippen molar-refractivity contribution in [2.45, 2.75) is 26.8 Å². The van der Waals surface area contributed by atoms with Gasteiger partial charge in [-0.1, -0.05) is 29.8 Å². The number of aryl methyl sites for hydroxylation is 2. The Morgan fingerprint density at radius 2 is 2.25 bits per heavy atom. The van der Waals surface area contributed by atoms with E-state index in [1.165, 1.54) is 11.1 Å². The summed E-state index contributed by atoms with van der Waals surface area (Å²) < 4.78 is 1.66. The molecule has 5 heteroatoms. The highest BCUT2D eigenvalue weighted by Gasteiger charge is 2.13. The molecule has 1 heterocycles.